The molecule has 0 saturated heterocycles. The molecule has 3 rings (SSSR count). The highest BCUT2D eigenvalue weighted by atomic mass is 15.3. The van der Waals surface area contributed by atoms with E-state index in [1.807, 2.05) is 0 Å². The van der Waals surface area contributed by atoms with Crippen molar-refractivity contribution in [3.63, 3.8) is 0 Å². The van der Waals surface area contributed by atoms with Crippen LogP contribution < -0.4 is 5.73 Å². The number of nitrogens with two attached hydrogens (primary N) is 1. The number of hydrogen-bond acceptors (Lipinski definition) is 2. The van der Waals surface area contributed by atoms with Crippen molar-refractivity contribution in [3.8, 4) is 5.69 Å². The first-order valence-corrected chi connectivity index (χ1v) is 6.16. The molecule has 88 valence electrons. The first-order chi connectivity index (χ1) is 8.29. The molecule has 0 fully saturated rings. The second-order valence-electron chi connectivity index (χ2n) is 4.65. The second-order valence-corrected chi connectivity index (χ2v) is 4.65. The zero-order chi connectivity index (χ0) is 11.8. The fourth-order valence-electron chi connectivity index (χ4n) is 2.65. The van der Waals surface area contributed by atoms with Crippen LogP contribution in [-0.2, 0) is 19.4 Å². The Morgan fingerprint density at radius 1 is 1.35 bits per heavy atom. The van der Waals surface area contributed by atoms with Gasteiger partial charge in [-0.2, -0.15) is 5.10 Å². The van der Waals surface area contributed by atoms with Crippen molar-refractivity contribution in [2.75, 3.05) is 0 Å². The molecule has 3 heteroatoms. The summed E-state index contributed by atoms with van der Waals surface area (Å²) in [6, 6.07) is 8.34. The van der Waals surface area contributed by atoms with Crippen LogP contribution in [0.4, 0.5) is 0 Å². The van der Waals surface area contributed by atoms with Gasteiger partial charge in [-0.3, -0.25) is 0 Å². The maximum absolute atomic E-state index is 5.69. The summed E-state index contributed by atoms with van der Waals surface area (Å²) in [7, 11) is 0. The maximum Gasteiger partial charge on any atom is 0.0652 e. The van der Waals surface area contributed by atoms with Gasteiger partial charge >= 0.3 is 0 Å². The van der Waals surface area contributed by atoms with E-state index in [1.54, 1.807) is 0 Å². The number of fused-ring (bicyclic) bond motifs is 1. The molecule has 0 amide bonds. The van der Waals surface area contributed by atoms with Gasteiger partial charge in [-0.25, -0.2) is 4.68 Å². The van der Waals surface area contributed by atoms with Crippen LogP contribution in [0.15, 0.2) is 24.3 Å². The van der Waals surface area contributed by atoms with E-state index < -0.39 is 0 Å². The van der Waals surface area contributed by atoms with Crippen molar-refractivity contribution in [2.45, 2.75) is 32.7 Å². The molecule has 1 aliphatic rings. The van der Waals surface area contributed by atoms with Crippen LogP contribution in [0.2, 0.25) is 0 Å². The predicted octanol–water partition coefficient (Wildman–Crippen LogP) is 2.13. The Bertz CT molecular complexity index is 555. The topological polar surface area (TPSA) is 43.8 Å². The van der Waals surface area contributed by atoms with Crippen molar-refractivity contribution < 1.29 is 0 Å². The molecule has 0 saturated carbocycles. The quantitative estimate of drug-likeness (QED) is 0.854. The third-order valence-corrected chi connectivity index (χ3v) is 3.52. The van der Waals surface area contributed by atoms with Gasteiger partial charge in [0.05, 0.1) is 11.4 Å². The number of rotatable bonds is 2. The molecule has 2 aromatic rings. The number of aryl methyl sites for hydroxylation is 1. The molecule has 0 atom stereocenters. The monoisotopic (exact) mass is 227 g/mol. The molecule has 0 unspecified atom stereocenters. The third kappa shape index (κ3) is 1.67. The van der Waals surface area contributed by atoms with Crippen LogP contribution in [0.25, 0.3) is 5.69 Å². The molecule has 1 aromatic carbocycles. The van der Waals surface area contributed by atoms with Gasteiger partial charge in [-0.15, -0.1) is 0 Å². The Balaban J connectivity index is 2.12. The van der Waals surface area contributed by atoms with Crippen LogP contribution in [0, 0.1) is 6.92 Å². The molecular formula is C14H17N3. The summed E-state index contributed by atoms with van der Waals surface area (Å²) in [5, 5.41) is 4.65. The Morgan fingerprint density at radius 2 is 2.24 bits per heavy atom. The lowest BCUT2D eigenvalue weighted by atomic mass is 10.2. The van der Waals surface area contributed by atoms with Crippen LogP contribution in [0.1, 0.15) is 28.9 Å². The van der Waals surface area contributed by atoms with E-state index in [9.17, 15) is 0 Å². The van der Waals surface area contributed by atoms with E-state index in [1.165, 1.54) is 29.8 Å². The van der Waals surface area contributed by atoms with Crippen LogP contribution in [0.5, 0.6) is 0 Å². The SMILES string of the molecule is Cc1nn(-c2cccc(CN)c2)c2c1CCC2. The van der Waals surface area contributed by atoms with Crippen molar-refractivity contribution >= 4 is 0 Å². The lowest BCUT2D eigenvalue weighted by molar-refractivity contribution is 0.772. The van der Waals surface area contributed by atoms with Crippen LogP contribution >= 0.6 is 0 Å². The van der Waals surface area contributed by atoms with Crippen LogP contribution in [-0.4, -0.2) is 9.78 Å². The van der Waals surface area contributed by atoms with Gasteiger partial charge in [0.25, 0.3) is 0 Å². The Hall–Kier alpha value is -1.61. The number of hydrogen-bond donors (Lipinski definition) is 1. The largest absolute Gasteiger partial charge is 0.326 e. The van der Waals surface area contributed by atoms with Crippen LogP contribution in [0.3, 0.4) is 0 Å². The molecule has 0 aliphatic heterocycles. The van der Waals surface area contributed by atoms with Gasteiger partial charge in [0.1, 0.15) is 0 Å². The summed E-state index contributed by atoms with van der Waals surface area (Å²) < 4.78 is 2.09. The molecule has 17 heavy (non-hydrogen) atoms. The summed E-state index contributed by atoms with van der Waals surface area (Å²) in [6.45, 7) is 2.68. The second kappa shape index (κ2) is 4.00. The summed E-state index contributed by atoms with van der Waals surface area (Å²) in [4.78, 5) is 0. The molecule has 0 bridgehead atoms. The average molecular weight is 227 g/mol. The summed E-state index contributed by atoms with van der Waals surface area (Å²) >= 11 is 0. The summed E-state index contributed by atoms with van der Waals surface area (Å²) in [6.07, 6.45) is 3.57. The molecule has 2 N–H and O–H groups in total. The molecule has 0 radical (unpaired) electrons. The maximum atomic E-state index is 5.69. The Kier molecular flexibility index (Phi) is 2.48. The normalized spacial score (nSPS) is 14.0. The predicted molar refractivity (Wildman–Crippen MR) is 68.2 cm³/mol. The fraction of sp³-hybridized carbons (Fsp3) is 0.357. The zero-order valence-electron chi connectivity index (χ0n) is 10.1. The zero-order valence-corrected chi connectivity index (χ0v) is 10.1. The van der Waals surface area contributed by atoms with Crippen molar-refractivity contribution in [2.24, 2.45) is 5.73 Å². The van der Waals surface area contributed by atoms with E-state index in [0.29, 0.717) is 6.54 Å². The number of nitrogens with zero attached hydrogens (tertiary/aromatic N) is 2. The summed E-state index contributed by atoms with van der Waals surface area (Å²) in [5.74, 6) is 0. The minimum absolute atomic E-state index is 0.580. The first-order valence-electron chi connectivity index (χ1n) is 6.16. The standard InChI is InChI=1S/C14H17N3/c1-10-13-6-3-7-14(13)17(16-10)12-5-2-4-11(8-12)9-15/h2,4-5,8H,3,6-7,9,15H2,1H3. The van der Waals surface area contributed by atoms with Gasteiger partial charge in [-0.05, 0) is 49.4 Å². The Labute approximate surface area is 101 Å². The van der Waals surface area contributed by atoms with Gasteiger partial charge < -0.3 is 5.73 Å². The minimum atomic E-state index is 0.580. The average Bonchev–Trinajstić information content (AvgIpc) is 2.94. The van der Waals surface area contributed by atoms with Gasteiger partial charge in [0.2, 0.25) is 0 Å². The highest BCUT2D eigenvalue weighted by molar-refractivity contribution is 5.41. The minimum Gasteiger partial charge on any atom is -0.326 e. The van der Waals surface area contributed by atoms with Crippen molar-refractivity contribution in [1.29, 1.82) is 0 Å². The van der Waals surface area contributed by atoms with Gasteiger partial charge in [0, 0.05) is 12.2 Å². The van der Waals surface area contributed by atoms with E-state index in [0.717, 1.165) is 17.7 Å². The van der Waals surface area contributed by atoms with Gasteiger partial charge in [0.15, 0.2) is 0 Å². The Morgan fingerprint density at radius 3 is 3.06 bits per heavy atom. The first kappa shape index (κ1) is 10.5. The molecule has 1 aromatic heterocycles. The van der Waals surface area contributed by atoms with Crippen molar-refractivity contribution in [1.82, 2.24) is 9.78 Å². The number of benzene rings is 1. The molecular weight excluding hydrogens is 210 g/mol. The lowest BCUT2D eigenvalue weighted by Crippen LogP contribution is -2.03. The highest BCUT2D eigenvalue weighted by Crippen LogP contribution is 2.27. The molecule has 3 nitrogen and oxygen atoms in total. The van der Waals surface area contributed by atoms with E-state index >= 15 is 0 Å². The molecule has 0 spiro atoms. The van der Waals surface area contributed by atoms with E-state index in [4.69, 9.17) is 5.73 Å². The van der Waals surface area contributed by atoms with Gasteiger partial charge in [-0.1, -0.05) is 12.1 Å². The van der Waals surface area contributed by atoms with E-state index in [2.05, 4.69) is 41.0 Å². The highest BCUT2D eigenvalue weighted by Gasteiger charge is 2.20. The van der Waals surface area contributed by atoms with E-state index in [-0.39, 0.29) is 0 Å². The fourth-order valence-corrected chi connectivity index (χ4v) is 2.65. The molecule has 1 aliphatic carbocycles. The summed E-state index contributed by atoms with van der Waals surface area (Å²) in [5.41, 5.74) is 12.0. The lowest BCUT2D eigenvalue weighted by Gasteiger charge is -2.07. The third-order valence-electron chi connectivity index (χ3n) is 3.52. The molecule has 1 heterocycles. The smallest absolute Gasteiger partial charge is 0.0652 e. The van der Waals surface area contributed by atoms with Crippen molar-refractivity contribution in [3.05, 3.63) is 46.8 Å². The number of aromatic nitrogens is 2.